The van der Waals surface area contributed by atoms with E-state index in [1.807, 2.05) is 0 Å². The molecule has 0 radical (unpaired) electrons. The van der Waals surface area contributed by atoms with E-state index in [4.69, 9.17) is 4.74 Å². The number of benzene rings is 1. The summed E-state index contributed by atoms with van der Waals surface area (Å²) in [5, 5.41) is 12.4. The minimum absolute atomic E-state index is 0.108. The lowest BCUT2D eigenvalue weighted by molar-refractivity contribution is -0.122. The minimum atomic E-state index is -0.616. The first-order valence-electron chi connectivity index (χ1n) is 5.17. The van der Waals surface area contributed by atoms with Gasteiger partial charge < -0.3 is 15.2 Å². The van der Waals surface area contributed by atoms with Crippen LogP contribution in [0.5, 0.6) is 11.5 Å². The summed E-state index contributed by atoms with van der Waals surface area (Å²) >= 11 is 3.26. The standard InChI is InChI=1S/C12H16BrNO3/c1-12(2,13)11(16)14-7-8-4-5-9(17-3)6-10(8)15/h4-6,15H,7H2,1-3H3,(H,14,16). The highest BCUT2D eigenvalue weighted by Crippen LogP contribution is 2.23. The molecule has 0 saturated heterocycles. The number of methoxy groups -OCH3 is 1. The molecule has 0 bridgehead atoms. The normalized spacial score (nSPS) is 11.1. The molecule has 0 aliphatic carbocycles. The fourth-order valence-corrected chi connectivity index (χ4v) is 1.35. The predicted molar refractivity (Wildman–Crippen MR) is 69.5 cm³/mol. The number of carbonyl (C=O) groups excluding carboxylic acids is 1. The maximum atomic E-state index is 11.6. The highest BCUT2D eigenvalue weighted by Gasteiger charge is 2.23. The van der Waals surface area contributed by atoms with Crippen LogP contribution < -0.4 is 10.1 Å². The van der Waals surface area contributed by atoms with E-state index < -0.39 is 4.32 Å². The maximum Gasteiger partial charge on any atom is 0.236 e. The summed E-state index contributed by atoms with van der Waals surface area (Å²) in [7, 11) is 1.53. The Morgan fingerprint density at radius 1 is 1.53 bits per heavy atom. The number of ether oxygens (including phenoxy) is 1. The summed E-state index contributed by atoms with van der Waals surface area (Å²) < 4.78 is 4.36. The van der Waals surface area contributed by atoms with Crippen molar-refractivity contribution in [3.8, 4) is 11.5 Å². The van der Waals surface area contributed by atoms with Gasteiger partial charge in [-0.3, -0.25) is 4.79 Å². The number of phenols is 1. The fourth-order valence-electron chi connectivity index (χ4n) is 1.21. The zero-order valence-corrected chi connectivity index (χ0v) is 11.7. The molecule has 1 aromatic rings. The van der Waals surface area contributed by atoms with Gasteiger partial charge in [-0.1, -0.05) is 15.9 Å². The topological polar surface area (TPSA) is 58.6 Å². The van der Waals surface area contributed by atoms with Crippen LogP contribution in [0.2, 0.25) is 0 Å². The number of hydrogen-bond donors (Lipinski definition) is 2. The van der Waals surface area contributed by atoms with Gasteiger partial charge in [-0.05, 0) is 26.0 Å². The number of alkyl halides is 1. The van der Waals surface area contributed by atoms with Crippen molar-refractivity contribution in [3.05, 3.63) is 23.8 Å². The van der Waals surface area contributed by atoms with E-state index in [0.717, 1.165) is 0 Å². The lowest BCUT2D eigenvalue weighted by Gasteiger charge is -2.16. The van der Waals surface area contributed by atoms with Crippen LogP contribution in [0.3, 0.4) is 0 Å². The number of aromatic hydroxyl groups is 1. The smallest absolute Gasteiger partial charge is 0.236 e. The van der Waals surface area contributed by atoms with E-state index in [2.05, 4.69) is 21.2 Å². The summed E-state index contributed by atoms with van der Waals surface area (Å²) in [4.78, 5) is 11.6. The van der Waals surface area contributed by atoms with Crippen LogP contribution in [0.1, 0.15) is 19.4 Å². The Morgan fingerprint density at radius 3 is 2.65 bits per heavy atom. The Labute approximate surface area is 109 Å². The average Bonchev–Trinajstić information content (AvgIpc) is 2.25. The van der Waals surface area contributed by atoms with Crippen molar-refractivity contribution < 1.29 is 14.6 Å². The number of hydrogen-bond acceptors (Lipinski definition) is 3. The molecule has 1 amide bonds. The third-order valence-corrected chi connectivity index (χ3v) is 2.63. The summed E-state index contributed by atoms with van der Waals surface area (Å²) in [5.74, 6) is 0.558. The van der Waals surface area contributed by atoms with Crippen LogP contribution in [0.25, 0.3) is 0 Å². The Bertz CT molecular complexity index is 413. The molecule has 0 atom stereocenters. The molecular weight excluding hydrogens is 286 g/mol. The van der Waals surface area contributed by atoms with Gasteiger partial charge in [-0.2, -0.15) is 0 Å². The van der Waals surface area contributed by atoms with Crippen LogP contribution in [-0.4, -0.2) is 22.4 Å². The molecule has 0 unspecified atom stereocenters. The van der Waals surface area contributed by atoms with Crippen molar-refractivity contribution in [1.29, 1.82) is 0 Å². The molecule has 2 N–H and O–H groups in total. The second-order valence-corrected chi connectivity index (χ2v) is 6.13. The van der Waals surface area contributed by atoms with Gasteiger partial charge in [0.15, 0.2) is 0 Å². The molecule has 4 nitrogen and oxygen atoms in total. The largest absolute Gasteiger partial charge is 0.507 e. The van der Waals surface area contributed by atoms with E-state index in [9.17, 15) is 9.90 Å². The van der Waals surface area contributed by atoms with Crippen molar-refractivity contribution in [2.75, 3.05) is 7.11 Å². The molecular formula is C12H16BrNO3. The molecule has 0 heterocycles. The molecule has 94 valence electrons. The second kappa shape index (κ2) is 5.40. The predicted octanol–water partition coefficient (Wildman–Crippen LogP) is 2.19. The highest BCUT2D eigenvalue weighted by molar-refractivity contribution is 9.10. The van der Waals surface area contributed by atoms with E-state index in [0.29, 0.717) is 11.3 Å². The second-order valence-electron chi connectivity index (χ2n) is 4.15. The molecule has 1 aromatic carbocycles. The number of rotatable bonds is 4. The van der Waals surface area contributed by atoms with Gasteiger partial charge in [0.1, 0.15) is 11.5 Å². The zero-order valence-electron chi connectivity index (χ0n) is 10.1. The van der Waals surface area contributed by atoms with Gasteiger partial charge >= 0.3 is 0 Å². The quantitative estimate of drug-likeness (QED) is 0.838. The van der Waals surface area contributed by atoms with Gasteiger partial charge in [0.25, 0.3) is 0 Å². The molecule has 17 heavy (non-hydrogen) atoms. The molecule has 0 aromatic heterocycles. The number of phenolic OH excluding ortho intramolecular Hbond substituents is 1. The van der Waals surface area contributed by atoms with E-state index >= 15 is 0 Å². The van der Waals surface area contributed by atoms with Crippen molar-refractivity contribution in [3.63, 3.8) is 0 Å². The van der Waals surface area contributed by atoms with Crippen LogP contribution in [-0.2, 0) is 11.3 Å². The third-order valence-electron chi connectivity index (χ3n) is 2.27. The minimum Gasteiger partial charge on any atom is -0.507 e. The number of halogens is 1. The average molecular weight is 302 g/mol. The van der Waals surface area contributed by atoms with E-state index in [1.54, 1.807) is 26.0 Å². The molecule has 0 aliphatic rings. The lowest BCUT2D eigenvalue weighted by Crippen LogP contribution is -2.37. The van der Waals surface area contributed by atoms with Crippen LogP contribution >= 0.6 is 15.9 Å². The van der Waals surface area contributed by atoms with Gasteiger partial charge in [0.2, 0.25) is 5.91 Å². The Kier molecular flexibility index (Phi) is 4.40. The summed E-state index contributed by atoms with van der Waals surface area (Å²) in [6.07, 6.45) is 0. The van der Waals surface area contributed by atoms with Gasteiger partial charge in [-0.25, -0.2) is 0 Å². The molecule has 0 saturated carbocycles. The highest BCUT2D eigenvalue weighted by atomic mass is 79.9. The molecule has 0 aliphatic heterocycles. The number of amides is 1. The van der Waals surface area contributed by atoms with Crippen LogP contribution in [0.15, 0.2) is 18.2 Å². The van der Waals surface area contributed by atoms with E-state index in [-0.39, 0.29) is 18.2 Å². The fraction of sp³-hybridized carbons (Fsp3) is 0.417. The number of nitrogens with one attached hydrogen (secondary N) is 1. The molecule has 1 rings (SSSR count). The SMILES string of the molecule is COc1ccc(CNC(=O)C(C)(C)Br)c(O)c1. The monoisotopic (exact) mass is 301 g/mol. The van der Waals surface area contributed by atoms with Gasteiger partial charge in [0, 0.05) is 18.2 Å². The zero-order chi connectivity index (χ0) is 13.1. The summed E-state index contributed by atoms with van der Waals surface area (Å²) in [6.45, 7) is 3.80. The summed E-state index contributed by atoms with van der Waals surface area (Å²) in [6, 6.07) is 4.97. The van der Waals surface area contributed by atoms with E-state index in [1.165, 1.54) is 13.2 Å². The third kappa shape index (κ3) is 3.93. The van der Waals surface area contributed by atoms with Crippen molar-refractivity contribution in [2.24, 2.45) is 0 Å². The first kappa shape index (κ1) is 13.8. The van der Waals surface area contributed by atoms with Gasteiger partial charge in [-0.15, -0.1) is 0 Å². The first-order valence-corrected chi connectivity index (χ1v) is 5.97. The van der Waals surface area contributed by atoms with Crippen LogP contribution in [0.4, 0.5) is 0 Å². The molecule has 0 fully saturated rings. The molecule has 0 spiro atoms. The van der Waals surface area contributed by atoms with Crippen molar-refractivity contribution in [2.45, 2.75) is 24.7 Å². The van der Waals surface area contributed by atoms with Crippen LogP contribution in [0, 0.1) is 0 Å². The lowest BCUT2D eigenvalue weighted by atomic mass is 10.1. The van der Waals surface area contributed by atoms with Crippen molar-refractivity contribution in [1.82, 2.24) is 5.32 Å². The Balaban J connectivity index is 2.67. The maximum absolute atomic E-state index is 11.6. The Morgan fingerprint density at radius 2 is 2.18 bits per heavy atom. The summed E-state index contributed by atoms with van der Waals surface area (Å²) in [5.41, 5.74) is 0.649. The van der Waals surface area contributed by atoms with Crippen molar-refractivity contribution >= 4 is 21.8 Å². The number of carbonyl (C=O) groups is 1. The first-order chi connectivity index (χ1) is 7.84. The van der Waals surface area contributed by atoms with Gasteiger partial charge in [0.05, 0.1) is 11.4 Å². The molecule has 5 heteroatoms. The Hall–Kier alpha value is -1.23.